The van der Waals surface area contributed by atoms with Crippen LogP contribution in [0.4, 0.5) is 0 Å². The van der Waals surface area contributed by atoms with E-state index in [0.717, 1.165) is 32.0 Å². The van der Waals surface area contributed by atoms with Crippen molar-refractivity contribution in [3.05, 3.63) is 108 Å². The van der Waals surface area contributed by atoms with Crippen molar-refractivity contribution in [2.75, 3.05) is 0 Å². The van der Waals surface area contributed by atoms with Gasteiger partial charge in [0.05, 0.1) is 0 Å². The second kappa shape index (κ2) is 6.86. The molecule has 0 radical (unpaired) electrons. The van der Waals surface area contributed by atoms with E-state index < -0.39 is 0 Å². The summed E-state index contributed by atoms with van der Waals surface area (Å²) in [6.45, 7) is 0. The number of hydrogen-bond donors (Lipinski definition) is 0. The minimum Gasteiger partial charge on any atom is -0.455 e. The van der Waals surface area contributed by atoms with Crippen LogP contribution in [0.2, 0.25) is 0 Å². The monoisotopic (exact) mass is 448 g/mol. The molecule has 30 heavy (non-hydrogen) atoms. The second-order valence-electron chi connectivity index (χ2n) is 7.54. The summed E-state index contributed by atoms with van der Waals surface area (Å²) in [5.74, 6) is 0. The Morgan fingerprint density at radius 3 is 2.13 bits per heavy atom. The third kappa shape index (κ3) is 2.76. The lowest BCUT2D eigenvalue weighted by Gasteiger charge is -2.11. The van der Waals surface area contributed by atoms with Gasteiger partial charge in [0.2, 0.25) is 0 Å². The fourth-order valence-electron chi connectivity index (χ4n) is 4.30. The van der Waals surface area contributed by atoms with Crippen LogP contribution >= 0.6 is 15.9 Å². The van der Waals surface area contributed by atoms with Gasteiger partial charge >= 0.3 is 0 Å². The first-order valence-electron chi connectivity index (χ1n) is 9.97. The van der Waals surface area contributed by atoms with Gasteiger partial charge in [0.15, 0.2) is 0 Å². The number of halogens is 1. The number of rotatable bonds is 2. The van der Waals surface area contributed by atoms with Gasteiger partial charge in [-0.2, -0.15) is 0 Å². The Morgan fingerprint density at radius 1 is 0.533 bits per heavy atom. The summed E-state index contributed by atoms with van der Waals surface area (Å²) in [5.41, 5.74) is 6.50. The molecule has 0 aliphatic heterocycles. The van der Waals surface area contributed by atoms with E-state index in [2.05, 4.69) is 113 Å². The van der Waals surface area contributed by atoms with Gasteiger partial charge in [-0.05, 0) is 51.7 Å². The fourth-order valence-corrected chi connectivity index (χ4v) is 4.66. The molecule has 0 spiro atoms. The fraction of sp³-hybridized carbons (Fsp3) is 0. The Hall–Kier alpha value is -3.36. The Kier molecular flexibility index (Phi) is 4.00. The van der Waals surface area contributed by atoms with Gasteiger partial charge < -0.3 is 4.42 Å². The summed E-state index contributed by atoms with van der Waals surface area (Å²) >= 11 is 3.65. The van der Waals surface area contributed by atoms with Crippen LogP contribution in [0.25, 0.3) is 55.0 Å². The molecule has 0 aliphatic rings. The van der Waals surface area contributed by atoms with E-state index in [9.17, 15) is 0 Å². The van der Waals surface area contributed by atoms with Crippen molar-refractivity contribution in [2.24, 2.45) is 0 Å². The van der Waals surface area contributed by atoms with Gasteiger partial charge in [0.1, 0.15) is 11.2 Å². The van der Waals surface area contributed by atoms with E-state index in [1.165, 1.54) is 27.5 Å². The summed E-state index contributed by atoms with van der Waals surface area (Å²) in [5, 5.41) is 4.73. The summed E-state index contributed by atoms with van der Waals surface area (Å²) in [4.78, 5) is 0. The molecular weight excluding hydrogens is 432 g/mol. The summed E-state index contributed by atoms with van der Waals surface area (Å²) in [6.07, 6.45) is 0. The largest absolute Gasteiger partial charge is 0.455 e. The van der Waals surface area contributed by atoms with Crippen LogP contribution < -0.4 is 0 Å². The Balaban J connectivity index is 1.67. The van der Waals surface area contributed by atoms with E-state index in [0.29, 0.717) is 0 Å². The number of para-hydroxylation sites is 1. The lowest BCUT2D eigenvalue weighted by Crippen LogP contribution is -1.86. The van der Waals surface area contributed by atoms with Crippen molar-refractivity contribution in [3.63, 3.8) is 0 Å². The molecule has 0 unspecified atom stereocenters. The standard InChI is InChI=1S/C28H17BrO/c29-21-13-14-22(25(17-21)18-7-2-1-3-8-18)23-11-6-12-24-26-15-19-9-4-5-10-20(19)16-27(26)30-28(23)24/h1-17H. The van der Waals surface area contributed by atoms with Gasteiger partial charge in [0, 0.05) is 20.8 Å². The van der Waals surface area contributed by atoms with Crippen LogP contribution in [0.5, 0.6) is 0 Å². The minimum atomic E-state index is 0.925. The van der Waals surface area contributed by atoms with Gasteiger partial charge in [-0.15, -0.1) is 0 Å². The maximum Gasteiger partial charge on any atom is 0.143 e. The highest BCUT2D eigenvalue weighted by atomic mass is 79.9. The molecular formula is C28H17BrO. The molecule has 5 aromatic carbocycles. The van der Waals surface area contributed by atoms with Crippen LogP contribution in [0, 0.1) is 0 Å². The zero-order valence-corrected chi connectivity index (χ0v) is 17.7. The normalized spacial score (nSPS) is 11.5. The third-order valence-corrected chi connectivity index (χ3v) is 6.21. The lowest BCUT2D eigenvalue weighted by molar-refractivity contribution is 0.670. The molecule has 0 amide bonds. The summed E-state index contributed by atoms with van der Waals surface area (Å²) in [6, 6.07) is 36.2. The summed E-state index contributed by atoms with van der Waals surface area (Å²) in [7, 11) is 0. The van der Waals surface area contributed by atoms with Crippen LogP contribution in [-0.4, -0.2) is 0 Å². The first kappa shape index (κ1) is 17.5. The van der Waals surface area contributed by atoms with Crippen molar-refractivity contribution < 1.29 is 4.42 Å². The zero-order chi connectivity index (χ0) is 20.1. The maximum absolute atomic E-state index is 6.46. The molecule has 0 N–H and O–H groups in total. The van der Waals surface area contributed by atoms with Gasteiger partial charge in [0.25, 0.3) is 0 Å². The molecule has 1 heterocycles. The Labute approximate surface area is 182 Å². The highest BCUT2D eigenvalue weighted by Gasteiger charge is 2.16. The van der Waals surface area contributed by atoms with E-state index in [4.69, 9.17) is 4.42 Å². The number of fused-ring (bicyclic) bond motifs is 4. The molecule has 0 bridgehead atoms. The lowest BCUT2D eigenvalue weighted by atomic mass is 9.93. The van der Waals surface area contributed by atoms with Crippen molar-refractivity contribution in [2.45, 2.75) is 0 Å². The third-order valence-electron chi connectivity index (χ3n) is 5.72. The zero-order valence-electron chi connectivity index (χ0n) is 16.1. The Bertz CT molecular complexity index is 1540. The first-order chi connectivity index (χ1) is 14.8. The average Bonchev–Trinajstić information content (AvgIpc) is 3.16. The maximum atomic E-state index is 6.46. The average molecular weight is 449 g/mol. The molecule has 142 valence electrons. The highest BCUT2D eigenvalue weighted by molar-refractivity contribution is 9.10. The first-order valence-corrected chi connectivity index (χ1v) is 10.8. The number of furan rings is 1. The molecule has 2 heteroatoms. The summed E-state index contributed by atoms with van der Waals surface area (Å²) < 4.78 is 7.52. The molecule has 1 aromatic heterocycles. The molecule has 0 fully saturated rings. The molecule has 0 aliphatic carbocycles. The van der Waals surface area contributed by atoms with Crippen LogP contribution in [0.3, 0.4) is 0 Å². The highest BCUT2D eigenvalue weighted by Crippen LogP contribution is 2.41. The minimum absolute atomic E-state index is 0.925. The predicted octanol–water partition coefficient (Wildman–Crippen LogP) is 8.84. The number of benzene rings is 5. The quantitative estimate of drug-likeness (QED) is 0.257. The van der Waals surface area contributed by atoms with Crippen molar-refractivity contribution in [1.82, 2.24) is 0 Å². The van der Waals surface area contributed by atoms with Crippen LogP contribution in [-0.2, 0) is 0 Å². The van der Waals surface area contributed by atoms with Crippen molar-refractivity contribution in [3.8, 4) is 22.3 Å². The van der Waals surface area contributed by atoms with E-state index >= 15 is 0 Å². The molecule has 0 saturated heterocycles. The molecule has 0 saturated carbocycles. The number of hydrogen-bond acceptors (Lipinski definition) is 1. The van der Waals surface area contributed by atoms with Crippen LogP contribution in [0.1, 0.15) is 0 Å². The molecule has 1 nitrogen and oxygen atoms in total. The van der Waals surface area contributed by atoms with E-state index in [-0.39, 0.29) is 0 Å². The van der Waals surface area contributed by atoms with E-state index in [1.807, 2.05) is 6.07 Å². The van der Waals surface area contributed by atoms with E-state index in [1.54, 1.807) is 0 Å². The van der Waals surface area contributed by atoms with Crippen LogP contribution in [0.15, 0.2) is 112 Å². The predicted molar refractivity (Wildman–Crippen MR) is 130 cm³/mol. The van der Waals surface area contributed by atoms with Gasteiger partial charge in [-0.1, -0.05) is 94.8 Å². The van der Waals surface area contributed by atoms with Gasteiger partial charge in [-0.25, -0.2) is 0 Å². The van der Waals surface area contributed by atoms with Crippen molar-refractivity contribution >= 4 is 48.6 Å². The smallest absolute Gasteiger partial charge is 0.143 e. The Morgan fingerprint density at radius 2 is 1.30 bits per heavy atom. The topological polar surface area (TPSA) is 13.1 Å². The van der Waals surface area contributed by atoms with Gasteiger partial charge in [-0.3, -0.25) is 0 Å². The second-order valence-corrected chi connectivity index (χ2v) is 8.45. The van der Waals surface area contributed by atoms with Crippen molar-refractivity contribution in [1.29, 1.82) is 0 Å². The molecule has 0 atom stereocenters. The molecule has 6 aromatic rings. The molecule has 6 rings (SSSR count). The SMILES string of the molecule is Brc1ccc(-c2cccc3c2oc2cc4ccccc4cc23)c(-c2ccccc2)c1.